The molecule has 86 valence electrons. The van der Waals surface area contributed by atoms with Gasteiger partial charge < -0.3 is 9.73 Å². The number of benzene rings is 1. The van der Waals surface area contributed by atoms with Crippen LogP contribution in [0.2, 0.25) is 0 Å². The Morgan fingerprint density at radius 1 is 1.24 bits per heavy atom. The van der Waals surface area contributed by atoms with Crippen LogP contribution in [0.1, 0.15) is 22.5 Å². The summed E-state index contributed by atoms with van der Waals surface area (Å²) in [7, 11) is 0. The molecular weight excluding hydrogens is 212 g/mol. The minimum atomic E-state index is 0.594. The van der Waals surface area contributed by atoms with Crippen molar-refractivity contribution in [2.75, 3.05) is 5.32 Å². The first-order valence-corrected chi connectivity index (χ1v) is 5.49. The van der Waals surface area contributed by atoms with E-state index in [4.69, 9.17) is 9.68 Å². The number of nitrogens with one attached hydrogen (secondary N) is 1. The van der Waals surface area contributed by atoms with Crippen molar-refractivity contribution in [3.8, 4) is 6.07 Å². The van der Waals surface area contributed by atoms with Crippen molar-refractivity contribution in [3.05, 3.63) is 53.0 Å². The largest absolute Gasteiger partial charge is 0.467 e. The smallest absolute Gasteiger partial charge is 0.125 e. The van der Waals surface area contributed by atoms with Crippen LogP contribution in [0.25, 0.3) is 0 Å². The molecule has 3 heteroatoms. The number of rotatable bonds is 3. The first-order valence-electron chi connectivity index (χ1n) is 5.49. The second-order valence-corrected chi connectivity index (χ2v) is 3.99. The van der Waals surface area contributed by atoms with Crippen LogP contribution in [0.4, 0.5) is 5.69 Å². The van der Waals surface area contributed by atoms with Gasteiger partial charge >= 0.3 is 0 Å². The van der Waals surface area contributed by atoms with Crippen LogP contribution in [0.3, 0.4) is 0 Å². The van der Waals surface area contributed by atoms with E-state index < -0.39 is 0 Å². The maximum Gasteiger partial charge on any atom is 0.125 e. The topological polar surface area (TPSA) is 49.0 Å². The Labute approximate surface area is 101 Å². The van der Waals surface area contributed by atoms with E-state index in [9.17, 15) is 0 Å². The summed E-state index contributed by atoms with van der Waals surface area (Å²) in [6.07, 6.45) is 1.67. The third-order valence-corrected chi connectivity index (χ3v) is 2.79. The predicted octanol–water partition coefficient (Wildman–Crippen LogP) is 3.38. The fourth-order valence-corrected chi connectivity index (χ4v) is 1.72. The van der Waals surface area contributed by atoms with Gasteiger partial charge in [0, 0.05) is 0 Å². The van der Waals surface area contributed by atoms with Gasteiger partial charge in [-0.1, -0.05) is 12.1 Å². The van der Waals surface area contributed by atoms with Crippen LogP contribution in [0.5, 0.6) is 0 Å². The maximum atomic E-state index is 9.10. The Kier molecular flexibility index (Phi) is 3.15. The van der Waals surface area contributed by atoms with Gasteiger partial charge in [0.25, 0.3) is 0 Å². The standard InChI is InChI=1S/C14H14N2O/c1-10-4-3-5-13(12(10)8-15)16-9-14-11(2)6-7-17-14/h3-7,16H,9H2,1-2H3. The molecule has 3 nitrogen and oxygen atoms in total. The van der Waals surface area contributed by atoms with Crippen molar-refractivity contribution in [1.29, 1.82) is 5.26 Å². The second-order valence-electron chi connectivity index (χ2n) is 3.99. The number of furan rings is 1. The lowest BCUT2D eigenvalue weighted by Gasteiger charge is -2.08. The lowest BCUT2D eigenvalue weighted by atomic mass is 10.1. The van der Waals surface area contributed by atoms with Crippen LogP contribution < -0.4 is 5.32 Å². The number of hydrogen-bond acceptors (Lipinski definition) is 3. The van der Waals surface area contributed by atoms with E-state index in [2.05, 4.69) is 11.4 Å². The van der Waals surface area contributed by atoms with Crippen LogP contribution in [-0.4, -0.2) is 0 Å². The summed E-state index contributed by atoms with van der Waals surface area (Å²) in [6, 6.07) is 9.92. The molecule has 0 aliphatic carbocycles. The molecule has 1 aromatic carbocycles. The van der Waals surface area contributed by atoms with Crippen LogP contribution in [-0.2, 0) is 6.54 Å². The summed E-state index contributed by atoms with van der Waals surface area (Å²) >= 11 is 0. The number of anilines is 1. The van der Waals surface area contributed by atoms with Gasteiger partial charge in [0.1, 0.15) is 11.8 Å². The van der Waals surface area contributed by atoms with E-state index in [-0.39, 0.29) is 0 Å². The molecule has 0 aliphatic rings. The van der Waals surface area contributed by atoms with Gasteiger partial charge in [-0.2, -0.15) is 5.26 Å². The van der Waals surface area contributed by atoms with E-state index in [1.807, 2.05) is 38.1 Å². The summed E-state index contributed by atoms with van der Waals surface area (Å²) < 4.78 is 5.34. The number of nitriles is 1. The molecular formula is C14H14N2O. The minimum Gasteiger partial charge on any atom is -0.467 e. The molecule has 2 aromatic rings. The lowest BCUT2D eigenvalue weighted by molar-refractivity contribution is 0.515. The van der Waals surface area contributed by atoms with Crippen molar-refractivity contribution in [1.82, 2.24) is 0 Å². The lowest BCUT2D eigenvalue weighted by Crippen LogP contribution is -2.02. The highest BCUT2D eigenvalue weighted by Gasteiger charge is 2.06. The predicted molar refractivity (Wildman–Crippen MR) is 66.7 cm³/mol. The molecule has 0 fully saturated rings. The van der Waals surface area contributed by atoms with Crippen molar-refractivity contribution in [3.63, 3.8) is 0 Å². The van der Waals surface area contributed by atoms with Gasteiger partial charge in [-0.25, -0.2) is 0 Å². The quantitative estimate of drug-likeness (QED) is 0.872. The molecule has 0 atom stereocenters. The van der Waals surface area contributed by atoms with E-state index >= 15 is 0 Å². The molecule has 1 N–H and O–H groups in total. The fraction of sp³-hybridized carbons (Fsp3) is 0.214. The zero-order chi connectivity index (χ0) is 12.3. The molecule has 0 bridgehead atoms. The highest BCUT2D eigenvalue weighted by atomic mass is 16.3. The Morgan fingerprint density at radius 3 is 2.71 bits per heavy atom. The van der Waals surface area contributed by atoms with Crippen molar-refractivity contribution >= 4 is 5.69 Å². The summed E-state index contributed by atoms with van der Waals surface area (Å²) in [5.74, 6) is 0.899. The number of hydrogen-bond donors (Lipinski definition) is 1. The zero-order valence-corrected chi connectivity index (χ0v) is 9.95. The molecule has 0 amide bonds. The second kappa shape index (κ2) is 4.75. The van der Waals surface area contributed by atoms with Gasteiger partial charge in [-0.05, 0) is 37.1 Å². The molecule has 0 saturated heterocycles. The van der Waals surface area contributed by atoms with Crippen LogP contribution in [0.15, 0.2) is 34.9 Å². The van der Waals surface area contributed by atoms with E-state index in [1.54, 1.807) is 6.26 Å². The average molecular weight is 226 g/mol. The highest BCUT2D eigenvalue weighted by Crippen LogP contribution is 2.20. The Morgan fingerprint density at radius 2 is 2.06 bits per heavy atom. The van der Waals surface area contributed by atoms with E-state index in [1.165, 1.54) is 0 Å². The summed E-state index contributed by atoms with van der Waals surface area (Å²) in [6.45, 7) is 4.53. The van der Waals surface area contributed by atoms with Crippen LogP contribution in [0, 0.1) is 25.2 Å². The Bertz CT molecular complexity index is 564. The molecule has 0 saturated carbocycles. The SMILES string of the molecule is Cc1ccoc1CNc1cccc(C)c1C#N. The van der Waals surface area contributed by atoms with Crippen molar-refractivity contribution in [2.45, 2.75) is 20.4 Å². The molecule has 0 aliphatic heterocycles. The molecule has 0 radical (unpaired) electrons. The summed E-state index contributed by atoms with van der Waals surface area (Å²) in [5, 5.41) is 12.3. The summed E-state index contributed by atoms with van der Waals surface area (Å²) in [5.41, 5.74) is 3.64. The van der Waals surface area contributed by atoms with E-state index in [0.29, 0.717) is 12.1 Å². The van der Waals surface area contributed by atoms with Crippen LogP contribution >= 0.6 is 0 Å². The molecule has 17 heavy (non-hydrogen) atoms. The Hall–Kier alpha value is -2.21. The average Bonchev–Trinajstić information content (AvgIpc) is 2.72. The third-order valence-electron chi connectivity index (χ3n) is 2.79. The molecule has 2 rings (SSSR count). The normalized spacial score (nSPS) is 9.94. The molecule has 1 aromatic heterocycles. The maximum absolute atomic E-state index is 9.10. The van der Waals surface area contributed by atoms with Gasteiger partial charge in [-0.15, -0.1) is 0 Å². The van der Waals surface area contributed by atoms with Gasteiger partial charge in [-0.3, -0.25) is 0 Å². The minimum absolute atomic E-state index is 0.594. The molecule has 0 unspecified atom stereocenters. The highest BCUT2D eigenvalue weighted by molar-refractivity contribution is 5.60. The van der Waals surface area contributed by atoms with Gasteiger partial charge in [0.15, 0.2) is 0 Å². The first-order chi connectivity index (χ1) is 8.22. The van der Waals surface area contributed by atoms with Crippen molar-refractivity contribution in [2.24, 2.45) is 0 Å². The summed E-state index contributed by atoms with van der Waals surface area (Å²) in [4.78, 5) is 0. The monoisotopic (exact) mass is 226 g/mol. The number of nitrogens with zero attached hydrogens (tertiary/aromatic N) is 1. The Balaban J connectivity index is 2.18. The first kappa shape index (κ1) is 11.3. The molecule has 1 heterocycles. The third kappa shape index (κ3) is 2.31. The number of aryl methyl sites for hydroxylation is 2. The zero-order valence-electron chi connectivity index (χ0n) is 9.95. The van der Waals surface area contributed by atoms with Gasteiger partial charge in [0.05, 0.1) is 24.1 Å². The van der Waals surface area contributed by atoms with Gasteiger partial charge in [0.2, 0.25) is 0 Å². The van der Waals surface area contributed by atoms with E-state index in [0.717, 1.165) is 22.6 Å². The van der Waals surface area contributed by atoms with Crippen molar-refractivity contribution < 1.29 is 4.42 Å². The fourth-order valence-electron chi connectivity index (χ4n) is 1.72. The molecule has 0 spiro atoms.